The number of halogens is 1. The lowest BCUT2D eigenvalue weighted by molar-refractivity contribution is 0.122. The van der Waals surface area contributed by atoms with Gasteiger partial charge in [0.1, 0.15) is 11.9 Å². The number of pyridine rings is 1. The standard InChI is InChI=1S/C14H20ClN5/c1-10-12(6-16)14(18-8-13(10)15)17-7-11-9-19(2)4-5-20(11)3/h8,11H,4-5,7,9H2,1-3H3,(H,17,18). The van der Waals surface area contributed by atoms with Crippen LogP contribution in [0.25, 0.3) is 0 Å². The molecule has 20 heavy (non-hydrogen) atoms. The number of anilines is 1. The zero-order valence-corrected chi connectivity index (χ0v) is 12.9. The molecule has 0 bridgehead atoms. The normalized spacial score (nSPS) is 20.6. The van der Waals surface area contributed by atoms with Crippen LogP contribution in [-0.4, -0.2) is 61.1 Å². The van der Waals surface area contributed by atoms with Gasteiger partial charge in [0, 0.05) is 38.4 Å². The quantitative estimate of drug-likeness (QED) is 0.917. The van der Waals surface area contributed by atoms with E-state index in [0.29, 0.717) is 22.4 Å². The lowest BCUT2D eigenvalue weighted by Gasteiger charge is -2.37. The van der Waals surface area contributed by atoms with E-state index >= 15 is 0 Å². The largest absolute Gasteiger partial charge is 0.367 e. The fraction of sp³-hybridized carbons (Fsp3) is 0.571. The van der Waals surface area contributed by atoms with Crippen molar-refractivity contribution >= 4 is 17.4 Å². The number of aromatic nitrogens is 1. The van der Waals surface area contributed by atoms with Gasteiger partial charge in [0.2, 0.25) is 0 Å². The van der Waals surface area contributed by atoms with Crippen LogP contribution in [0, 0.1) is 18.3 Å². The molecule has 1 N–H and O–H groups in total. The Hall–Kier alpha value is -1.35. The van der Waals surface area contributed by atoms with Crippen molar-refractivity contribution in [3.63, 3.8) is 0 Å². The first-order valence-corrected chi connectivity index (χ1v) is 7.08. The summed E-state index contributed by atoms with van der Waals surface area (Å²) in [6.45, 7) is 5.77. The maximum Gasteiger partial charge on any atom is 0.144 e. The average Bonchev–Trinajstić information content (AvgIpc) is 2.43. The van der Waals surface area contributed by atoms with Crippen LogP contribution in [0.15, 0.2) is 6.20 Å². The second-order valence-corrected chi connectivity index (χ2v) is 5.75. The van der Waals surface area contributed by atoms with E-state index in [1.54, 1.807) is 6.20 Å². The van der Waals surface area contributed by atoms with Crippen molar-refractivity contribution in [3.05, 3.63) is 22.3 Å². The molecule has 1 unspecified atom stereocenters. The van der Waals surface area contributed by atoms with Gasteiger partial charge in [-0.25, -0.2) is 4.98 Å². The minimum absolute atomic E-state index is 0.415. The molecule has 0 saturated carbocycles. The third-order valence-electron chi connectivity index (χ3n) is 3.87. The van der Waals surface area contributed by atoms with Gasteiger partial charge in [-0.2, -0.15) is 5.26 Å². The number of nitrogens with zero attached hydrogens (tertiary/aromatic N) is 4. The number of nitriles is 1. The maximum absolute atomic E-state index is 9.25. The SMILES string of the molecule is Cc1c(Cl)cnc(NCC2CN(C)CCN2C)c1C#N. The summed E-state index contributed by atoms with van der Waals surface area (Å²) < 4.78 is 0. The van der Waals surface area contributed by atoms with Gasteiger partial charge in [-0.15, -0.1) is 0 Å². The summed E-state index contributed by atoms with van der Waals surface area (Å²) in [4.78, 5) is 8.89. The van der Waals surface area contributed by atoms with Gasteiger partial charge in [-0.05, 0) is 26.6 Å². The van der Waals surface area contributed by atoms with Gasteiger partial charge < -0.3 is 10.2 Å². The fourth-order valence-corrected chi connectivity index (χ4v) is 2.53. The van der Waals surface area contributed by atoms with Crippen molar-refractivity contribution in [3.8, 4) is 6.07 Å². The highest BCUT2D eigenvalue weighted by Gasteiger charge is 2.22. The van der Waals surface area contributed by atoms with Gasteiger partial charge in [0.25, 0.3) is 0 Å². The van der Waals surface area contributed by atoms with E-state index in [1.807, 2.05) is 6.92 Å². The third kappa shape index (κ3) is 3.21. The molecule has 1 aromatic heterocycles. The molecule has 0 aliphatic carbocycles. The minimum atomic E-state index is 0.415. The summed E-state index contributed by atoms with van der Waals surface area (Å²) in [5.74, 6) is 0.621. The zero-order chi connectivity index (χ0) is 14.7. The van der Waals surface area contributed by atoms with E-state index in [0.717, 1.165) is 31.7 Å². The fourth-order valence-electron chi connectivity index (χ4n) is 2.39. The first-order valence-electron chi connectivity index (χ1n) is 6.70. The van der Waals surface area contributed by atoms with Gasteiger partial charge in [0.15, 0.2) is 0 Å². The molecule has 0 radical (unpaired) electrons. The molecule has 0 amide bonds. The number of nitrogens with one attached hydrogen (secondary N) is 1. The van der Waals surface area contributed by atoms with E-state index in [9.17, 15) is 5.26 Å². The highest BCUT2D eigenvalue weighted by Crippen LogP contribution is 2.23. The summed E-state index contributed by atoms with van der Waals surface area (Å²) in [6.07, 6.45) is 1.59. The van der Waals surface area contributed by atoms with Crippen LogP contribution >= 0.6 is 11.6 Å². The summed E-state index contributed by atoms with van der Waals surface area (Å²) in [7, 11) is 4.26. The van der Waals surface area contributed by atoms with E-state index in [2.05, 4.69) is 40.3 Å². The van der Waals surface area contributed by atoms with Crippen molar-refractivity contribution in [2.75, 3.05) is 45.6 Å². The summed E-state index contributed by atoms with van der Waals surface area (Å²) in [5.41, 5.74) is 1.31. The highest BCUT2D eigenvalue weighted by atomic mass is 35.5. The summed E-state index contributed by atoms with van der Waals surface area (Å²) >= 11 is 6.00. The van der Waals surface area contributed by atoms with Crippen LogP contribution in [0.4, 0.5) is 5.82 Å². The molecule has 108 valence electrons. The summed E-state index contributed by atoms with van der Waals surface area (Å²) in [6, 6.07) is 2.59. The van der Waals surface area contributed by atoms with Crippen LogP contribution in [0.3, 0.4) is 0 Å². The Kier molecular flexibility index (Phi) is 4.81. The van der Waals surface area contributed by atoms with Crippen LogP contribution in [0.2, 0.25) is 5.02 Å². The van der Waals surface area contributed by atoms with Crippen LogP contribution in [0.5, 0.6) is 0 Å². The zero-order valence-electron chi connectivity index (χ0n) is 12.1. The lowest BCUT2D eigenvalue weighted by Crippen LogP contribution is -2.52. The molecule has 1 aliphatic rings. The second kappa shape index (κ2) is 6.40. The van der Waals surface area contributed by atoms with Gasteiger partial charge in [-0.3, -0.25) is 4.90 Å². The van der Waals surface area contributed by atoms with Crippen molar-refractivity contribution < 1.29 is 0 Å². The Morgan fingerprint density at radius 1 is 1.50 bits per heavy atom. The average molecular weight is 294 g/mol. The topological polar surface area (TPSA) is 55.2 Å². The van der Waals surface area contributed by atoms with E-state index < -0.39 is 0 Å². The predicted octanol–water partition coefficient (Wildman–Crippen LogP) is 1.57. The van der Waals surface area contributed by atoms with Gasteiger partial charge in [-0.1, -0.05) is 11.6 Å². The van der Waals surface area contributed by atoms with Crippen LogP contribution in [-0.2, 0) is 0 Å². The van der Waals surface area contributed by atoms with E-state index in [4.69, 9.17) is 11.6 Å². The molecule has 5 nitrogen and oxygen atoms in total. The molecule has 1 fully saturated rings. The van der Waals surface area contributed by atoms with E-state index in [1.165, 1.54) is 0 Å². The van der Waals surface area contributed by atoms with Crippen LogP contribution in [0.1, 0.15) is 11.1 Å². The second-order valence-electron chi connectivity index (χ2n) is 5.34. The molecule has 2 rings (SSSR count). The van der Waals surface area contributed by atoms with Crippen molar-refractivity contribution in [1.29, 1.82) is 5.26 Å². The Bertz CT molecular complexity index is 525. The lowest BCUT2D eigenvalue weighted by atomic mass is 10.1. The van der Waals surface area contributed by atoms with Crippen molar-refractivity contribution in [1.82, 2.24) is 14.8 Å². The van der Waals surface area contributed by atoms with Gasteiger partial charge >= 0.3 is 0 Å². The van der Waals surface area contributed by atoms with Crippen LogP contribution < -0.4 is 5.32 Å². The summed E-state index contributed by atoms with van der Waals surface area (Å²) in [5, 5.41) is 13.1. The molecule has 1 aliphatic heterocycles. The number of rotatable bonds is 3. The molecular weight excluding hydrogens is 274 g/mol. The Morgan fingerprint density at radius 2 is 2.25 bits per heavy atom. The Labute approximate surface area is 125 Å². The number of hydrogen-bond donors (Lipinski definition) is 1. The predicted molar refractivity (Wildman–Crippen MR) is 81.1 cm³/mol. The first kappa shape index (κ1) is 15.0. The van der Waals surface area contributed by atoms with Gasteiger partial charge in [0.05, 0.1) is 10.6 Å². The molecule has 0 aromatic carbocycles. The molecular formula is C14H20ClN5. The minimum Gasteiger partial charge on any atom is -0.367 e. The maximum atomic E-state index is 9.25. The van der Waals surface area contributed by atoms with E-state index in [-0.39, 0.29) is 0 Å². The molecule has 1 saturated heterocycles. The molecule has 0 spiro atoms. The monoisotopic (exact) mass is 293 g/mol. The van der Waals surface area contributed by atoms with Crippen molar-refractivity contribution in [2.24, 2.45) is 0 Å². The highest BCUT2D eigenvalue weighted by molar-refractivity contribution is 6.31. The first-order chi connectivity index (χ1) is 9.52. The number of hydrogen-bond acceptors (Lipinski definition) is 5. The molecule has 2 heterocycles. The number of piperazine rings is 1. The molecule has 1 atom stereocenters. The third-order valence-corrected chi connectivity index (χ3v) is 4.26. The Morgan fingerprint density at radius 3 is 2.95 bits per heavy atom. The van der Waals surface area contributed by atoms with Crippen molar-refractivity contribution in [2.45, 2.75) is 13.0 Å². The molecule has 1 aromatic rings. The Balaban J connectivity index is 2.08. The molecule has 6 heteroatoms. The smallest absolute Gasteiger partial charge is 0.144 e. The number of likely N-dealkylation sites (N-methyl/N-ethyl adjacent to an activating group) is 2.